The summed E-state index contributed by atoms with van der Waals surface area (Å²) in [6, 6.07) is 13.1. The first kappa shape index (κ1) is 22.1. The molecule has 0 bridgehead atoms. The van der Waals surface area contributed by atoms with Crippen molar-refractivity contribution in [2.75, 3.05) is 21.3 Å². The number of nitrogens with one attached hydrogen (secondary N) is 2. The van der Waals surface area contributed by atoms with Crippen LogP contribution in [-0.2, 0) is 15.0 Å². The molecule has 1 saturated heterocycles. The van der Waals surface area contributed by atoms with Crippen molar-refractivity contribution in [3.05, 3.63) is 59.7 Å². The molecule has 30 heavy (non-hydrogen) atoms. The van der Waals surface area contributed by atoms with Gasteiger partial charge in [-0.2, -0.15) is 17.4 Å². The number of benzene rings is 2. The molecule has 9 heteroatoms. The third kappa shape index (κ3) is 4.58. The third-order valence-corrected chi connectivity index (χ3v) is 6.93. The van der Waals surface area contributed by atoms with Gasteiger partial charge in [0.05, 0.1) is 26.3 Å². The van der Waals surface area contributed by atoms with Crippen LogP contribution in [-0.4, -0.2) is 45.9 Å². The summed E-state index contributed by atoms with van der Waals surface area (Å²) in [5.74, 6) is 0.694. The molecule has 8 nitrogen and oxygen atoms in total. The molecule has 0 spiro atoms. The summed E-state index contributed by atoms with van der Waals surface area (Å²) < 4.78 is 39.7. The highest BCUT2D eigenvalue weighted by Crippen LogP contribution is 2.34. The van der Waals surface area contributed by atoms with Crippen LogP contribution in [0.4, 0.5) is 0 Å². The Kier molecular flexibility index (Phi) is 6.64. The number of hydrogen-bond donors (Lipinski definition) is 2. The van der Waals surface area contributed by atoms with Crippen molar-refractivity contribution in [2.24, 2.45) is 0 Å². The van der Waals surface area contributed by atoms with Gasteiger partial charge in [0, 0.05) is 7.05 Å². The first-order valence-electron chi connectivity index (χ1n) is 9.59. The number of amides is 1. The van der Waals surface area contributed by atoms with Crippen LogP contribution in [0.3, 0.4) is 0 Å². The number of methoxy groups -OCH3 is 2. The number of likely N-dealkylation sites (N-methyl/N-ethyl adjacent to an activating group) is 1. The lowest BCUT2D eigenvalue weighted by Crippen LogP contribution is -2.57. The lowest BCUT2D eigenvalue weighted by Gasteiger charge is -2.36. The van der Waals surface area contributed by atoms with Crippen molar-refractivity contribution < 1.29 is 22.7 Å². The van der Waals surface area contributed by atoms with E-state index in [2.05, 4.69) is 10.0 Å². The van der Waals surface area contributed by atoms with Gasteiger partial charge in [0.1, 0.15) is 6.04 Å². The number of carbonyl (C=O) groups excluding carboxylic acids is 1. The summed E-state index contributed by atoms with van der Waals surface area (Å²) >= 11 is 0. The van der Waals surface area contributed by atoms with Crippen LogP contribution in [0.25, 0.3) is 0 Å². The van der Waals surface area contributed by atoms with Gasteiger partial charge < -0.3 is 14.8 Å². The summed E-state index contributed by atoms with van der Waals surface area (Å²) in [7, 11) is 0.616. The van der Waals surface area contributed by atoms with Gasteiger partial charge in [-0.05, 0) is 36.6 Å². The van der Waals surface area contributed by atoms with Gasteiger partial charge in [0.2, 0.25) is 5.91 Å². The number of nitrogens with zero attached hydrogens (tertiary/aromatic N) is 1. The molecule has 1 aliphatic heterocycles. The maximum atomic E-state index is 13.0. The van der Waals surface area contributed by atoms with E-state index in [9.17, 15) is 13.2 Å². The van der Waals surface area contributed by atoms with E-state index < -0.39 is 22.3 Å². The topological polar surface area (TPSA) is 97.0 Å². The number of carbonyl (C=O) groups is 1. The van der Waals surface area contributed by atoms with Crippen LogP contribution in [0.2, 0.25) is 0 Å². The van der Waals surface area contributed by atoms with E-state index in [1.807, 2.05) is 37.3 Å². The second-order valence-corrected chi connectivity index (χ2v) is 8.96. The highest BCUT2D eigenvalue weighted by Gasteiger charge is 2.41. The lowest BCUT2D eigenvalue weighted by molar-refractivity contribution is -0.125. The van der Waals surface area contributed by atoms with Gasteiger partial charge in [-0.1, -0.05) is 36.4 Å². The summed E-state index contributed by atoms with van der Waals surface area (Å²) in [4.78, 5) is 13.0. The molecular formula is C21H27N3O5S. The second kappa shape index (κ2) is 9.03. The van der Waals surface area contributed by atoms with E-state index >= 15 is 0 Å². The quantitative estimate of drug-likeness (QED) is 0.728. The van der Waals surface area contributed by atoms with E-state index in [0.717, 1.165) is 9.87 Å². The van der Waals surface area contributed by atoms with Crippen molar-refractivity contribution in [3.63, 3.8) is 0 Å². The normalized spacial score (nSPS) is 22.1. The highest BCUT2D eigenvalue weighted by molar-refractivity contribution is 7.87. The Morgan fingerprint density at radius 3 is 2.43 bits per heavy atom. The van der Waals surface area contributed by atoms with Gasteiger partial charge in [-0.3, -0.25) is 4.79 Å². The van der Waals surface area contributed by atoms with Crippen LogP contribution in [0, 0.1) is 0 Å². The molecule has 0 aromatic heterocycles. The minimum Gasteiger partial charge on any atom is -0.493 e. The smallest absolute Gasteiger partial charge is 0.280 e. The fourth-order valence-corrected chi connectivity index (χ4v) is 4.81. The first-order valence-corrected chi connectivity index (χ1v) is 11.0. The van der Waals surface area contributed by atoms with E-state index in [1.165, 1.54) is 21.3 Å². The van der Waals surface area contributed by atoms with Gasteiger partial charge in [-0.15, -0.1) is 0 Å². The van der Waals surface area contributed by atoms with E-state index in [0.29, 0.717) is 17.1 Å². The largest absolute Gasteiger partial charge is 0.493 e. The zero-order valence-corrected chi connectivity index (χ0v) is 18.3. The second-order valence-electron chi connectivity index (χ2n) is 7.20. The summed E-state index contributed by atoms with van der Waals surface area (Å²) in [5, 5.41) is 2.93. The Morgan fingerprint density at radius 1 is 1.13 bits per heavy atom. The van der Waals surface area contributed by atoms with Gasteiger partial charge >= 0.3 is 0 Å². The molecular weight excluding hydrogens is 406 g/mol. The predicted molar refractivity (Wildman–Crippen MR) is 114 cm³/mol. The van der Waals surface area contributed by atoms with Crippen molar-refractivity contribution in [3.8, 4) is 11.5 Å². The van der Waals surface area contributed by atoms with Gasteiger partial charge in [0.25, 0.3) is 10.2 Å². The monoisotopic (exact) mass is 433 g/mol. The minimum atomic E-state index is -3.84. The van der Waals surface area contributed by atoms with E-state index in [1.54, 1.807) is 18.2 Å². The summed E-state index contributed by atoms with van der Waals surface area (Å²) in [6.45, 7) is 1.87. The fraction of sp³-hybridized carbons (Fsp3) is 0.381. The fourth-order valence-electron chi connectivity index (χ4n) is 3.53. The molecule has 162 valence electrons. The molecule has 0 saturated carbocycles. The highest BCUT2D eigenvalue weighted by atomic mass is 32.2. The Labute approximate surface area is 177 Å². The molecule has 0 unspecified atom stereocenters. The SMILES string of the molecule is COc1ccc([C@@H]2C[C@H](C(=O)N[C@@H](C)c3ccccc3)N(C)S(=O)(=O)N2)cc1OC. The minimum absolute atomic E-state index is 0.246. The van der Waals surface area contributed by atoms with Crippen molar-refractivity contribution >= 4 is 16.1 Å². The molecule has 2 N–H and O–H groups in total. The van der Waals surface area contributed by atoms with Gasteiger partial charge in [-0.25, -0.2) is 0 Å². The molecule has 1 heterocycles. The third-order valence-electron chi connectivity index (χ3n) is 5.34. The first-order chi connectivity index (χ1) is 14.3. The molecule has 1 fully saturated rings. The molecule has 1 amide bonds. The van der Waals surface area contributed by atoms with Crippen molar-refractivity contribution in [1.29, 1.82) is 0 Å². The molecule has 3 atom stereocenters. The van der Waals surface area contributed by atoms with Crippen LogP contribution < -0.4 is 19.5 Å². The molecule has 0 radical (unpaired) electrons. The molecule has 0 aliphatic carbocycles. The molecule has 3 rings (SSSR count). The maximum Gasteiger partial charge on any atom is 0.280 e. The van der Waals surface area contributed by atoms with E-state index in [4.69, 9.17) is 9.47 Å². The molecule has 1 aliphatic rings. The van der Waals surface area contributed by atoms with Crippen LogP contribution in [0.15, 0.2) is 48.5 Å². The van der Waals surface area contributed by atoms with E-state index in [-0.39, 0.29) is 18.4 Å². The van der Waals surface area contributed by atoms with Crippen LogP contribution >= 0.6 is 0 Å². The standard InChI is InChI=1S/C21H27N3O5S/c1-14(15-8-6-5-7-9-15)22-21(25)18-13-17(23-30(26,27)24(18)2)16-10-11-19(28-3)20(12-16)29-4/h5-12,14,17-18,23H,13H2,1-4H3,(H,22,25)/t14-,17-,18+/m0/s1. The average molecular weight is 434 g/mol. The Hall–Kier alpha value is -2.62. The molecule has 2 aromatic carbocycles. The number of ether oxygens (including phenoxy) is 2. The van der Waals surface area contributed by atoms with Crippen molar-refractivity contribution in [1.82, 2.24) is 14.3 Å². The average Bonchev–Trinajstić information content (AvgIpc) is 2.75. The zero-order valence-electron chi connectivity index (χ0n) is 17.5. The Balaban J connectivity index is 1.83. The van der Waals surface area contributed by atoms with Gasteiger partial charge in [0.15, 0.2) is 11.5 Å². The van der Waals surface area contributed by atoms with Crippen LogP contribution in [0.1, 0.15) is 36.6 Å². The maximum absolute atomic E-state index is 13.0. The summed E-state index contributed by atoms with van der Waals surface area (Å²) in [6.07, 6.45) is 0.276. The number of hydrogen-bond acceptors (Lipinski definition) is 5. The van der Waals surface area contributed by atoms with Crippen LogP contribution in [0.5, 0.6) is 11.5 Å². The summed E-state index contributed by atoms with van der Waals surface area (Å²) in [5.41, 5.74) is 1.64. The predicted octanol–water partition coefficient (Wildman–Crippen LogP) is 2.16. The Bertz CT molecular complexity index is 997. The molecule has 2 aromatic rings. The van der Waals surface area contributed by atoms with Crippen molar-refractivity contribution in [2.45, 2.75) is 31.5 Å². The lowest BCUT2D eigenvalue weighted by atomic mass is 9.98. The zero-order chi connectivity index (χ0) is 21.9. The number of rotatable bonds is 6. The Morgan fingerprint density at radius 2 is 1.80 bits per heavy atom.